The molecule has 0 aliphatic carbocycles. The van der Waals surface area contributed by atoms with Gasteiger partial charge in [0, 0.05) is 9.92 Å². The van der Waals surface area contributed by atoms with Crippen LogP contribution in [0.2, 0.25) is 10.3 Å². The average Bonchev–Trinajstić information content (AvgIpc) is 2.80. The highest BCUT2D eigenvalue weighted by Crippen LogP contribution is 2.35. The molecule has 0 bridgehead atoms. The summed E-state index contributed by atoms with van der Waals surface area (Å²) >= 11 is 15.0. The van der Waals surface area contributed by atoms with Gasteiger partial charge in [-0.05, 0) is 47.3 Å². The fourth-order valence-electron chi connectivity index (χ4n) is 1.49. The molecule has 90 valence electrons. The molecule has 0 aliphatic rings. The predicted molar refractivity (Wildman–Crippen MR) is 78.0 cm³/mol. The third kappa shape index (κ3) is 2.47. The molecular weight excluding hydrogens is 307 g/mol. The minimum Gasteiger partial charge on any atom is -0.217 e. The molecule has 3 aromatic rings. The number of fused-ring (bicyclic) bond motifs is 1. The first kappa shape index (κ1) is 12.2. The van der Waals surface area contributed by atoms with Gasteiger partial charge in [-0.15, -0.1) is 11.3 Å². The largest absolute Gasteiger partial charge is 0.224 e. The number of nitrogens with zero attached hydrogens (tertiary/aromatic N) is 2. The maximum absolute atomic E-state index is 5.92. The maximum Gasteiger partial charge on any atom is 0.224 e. The molecule has 0 atom stereocenters. The quantitative estimate of drug-likeness (QED) is 0.483. The van der Waals surface area contributed by atoms with Gasteiger partial charge in [-0.1, -0.05) is 23.4 Å². The summed E-state index contributed by atoms with van der Waals surface area (Å²) in [5.41, 5.74) is 0.886. The zero-order chi connectivity index (χ0) is 12.5. The number of aromatic nitrogens is 2. The van der Waals surface area contributed by atoms with Crippen molar-refractivity contribution in [3.05, 3.63) is 46.0 Å². The molecule has 2 aromatic heterocycles. The van der Waals surface area contributed by atoms with E-state index in [9.17, 15) is 0 Å². The van der Waals surface area contributed by atoms with Gasteiger partial charge in [-0.3, -0.25) is 0 Å². The molecule has 0 amide bonds. The van der Waals surface area contributed by atoms with Gasteiger partial charge < -0.3 is 0 Å². The van der Waals surface area contributed by atoms with Gasteiger partial charge in [0.1, 0.15) is 5.03 Å². The summed E-state index contributed by atoms with van der Waals surface area (Å²) in [4.78, 5) is 9.54. The Balaban J connectivity index is 2.03. The Labute approximate surface area is 122 Å². The molecule has 0 saturated heterocycles. The Bertz CT molecular complexity index is 695. The van der Waals surface area contributed by atoms with Crippen LogP contribution in [0.3, 0.4) is 0 Å². The number of rotatable bonds is 2. The van der Waals surface area contributed by atoms with Gasteiger partial charge >= 0.3 is 0 Å². The Morgan fingerprint density at radius 1 is 1.00 bits per heavy atom. The van der Waals surface area contributed by atoms with Crippen LogP contribution in [0.5, 0.6) is 0 Å². The van der Waals surface area contributed by atoms with Crippen LogP contribution >= 0.6 is 46.3 Å². The lowest BCUT2D eigenvalue weighted by Crippen LogP contribution is -1.86. The normalized spacial score (nSPS) is 11.0. The van der Waals surface area contributed by atoms with E-state index in [1.807, 2.05) is 35.7 Å². The third-order valence-corrected chi connectivity index (χ3v) is 4.73. The second kappa shape index (κ2) is 5.05. The number of hydrogen-bond donors (Lipinski definition) is 0. The Kier molecular flexibility index (Phi) is 3.43. The monoisotopic (exact) mass is 312 g/mol. The second-order valence-electron chi connectivity index (χ2n) is 3.49. The molecule has 0 fully saturated rings. The fourth-order valence-corrected chi connectivity index (χ4v) is 3.65. The standard InChI is InChI=1S/C12H6Cl2N2S2/c13-7-1-3-8(4-2-7)18-11-10-9(5-6-17-10)15-12(14)16-11/h1-6H. The average molecular weight is 313 g/mol. The summed E-state index contributed by atoms with van der Waals surface area (Å²) in [5, 5.41) is 3.86. The Hall–Kier alpha value is -0.810. The molecule has 6 heteroatoms. The van der Waals surface area contributed by atoms with Crippen LogP contribution in [0.4, 0.5) is 0 Å². The van der Waals surface area contributed by atoms with Gasteiger partial charge in [0.25, 0.3) is 0 Å². The van der Waals surface area contributed by atoms with Gasteiger partial charge in [0.15, 0.2) is 0 Å². The highest BCUT2D eigenvalue weighted by atomic mass is 35.5. The lowest BCUT2D eigenvalue weighted by atomic mass is 10.4. The van der Waals surface area contributed by atoms with Crippen LogP contribution in [-0.2, 0) is 0 Å². The van der Waals surface area contributed by atoms with E-state index in [0.717, 1.165) is 25.2 Å². The lowest BCUT2D eigenvalue weighted by molar-refractivity contribution is 1.11. The van der Waals surface area contributed by atoms with Crippen molar-refractivity contribution in [3.8, 4) is 0 Å². The van der Waals surface area contributed by atoms with Gasteiger partial charge in [0.2, 0.25) is 5.28 Å². The SMILES string of the molecule is Clc1ccc(Sc2nc(Cl)nc3ccsc23)cc1. The van der Waals surface area contributed by atoms with Crippen molar-refractivity contribution >= 4 is 56.5 Å². The van der Waals surface area contributed by atoms with E-state index in [1.165, 1.54) is 0 Å². The summed E-state index contributed by atoms with van der Waals surface area (Å²) in [6.07, 6.45) is 0. The van der Waals surface area contributed by atoms with Crippen LogP contribution in [-0.4, -0.2) is 9.97 Å². The first-order valence-electron chi connectivity index (χ1n) is 5.06. The van der Waals surface area contributed by atoms with E-state index < -0.39 is 0 Å². The van der Waals surface area contributed by atoms with Crippen LogP contribution < -0.4 is 0 Å². The minimum atomic E-state index is 0.275. The lowest BCUT2D eigenvalue weighted by Gasteiger charge is -2.02. The van der Waals surface area contributed by atoms with Gasteiger partial charge in [0.05, 0.1) is 10.2 Å². The maximum atomic E-state index is 5.92. The first-order chi connectivity index (χ1) is 8.72. The molecule has 0 saturated carbocycles. The third-order valence-electron chi connectivity index (χ3n) is 2.27. The van der Waals surface area contributed by atoms with Crippen molar-refractivity contribution in [2.75, 3.05) is 0 Å². The van der Waals surface area contributed by atoms with E-state index in [0.29, 0.717) is 0 Å². The molecule has 0 radical (unpaired) electrons. The number of hydrogen-bond acceptors (Lipinski definition) is 4. The highest BCUT2D eigenvalue weighted by molar-refractivity contribution is 7.99. The topological polar surface area (TPSA) is 25.8 Å². The molecule has 0 N–H and O–H groups in total. The van der Waals surface area contributed by atoms with Crippen LogP contribution in [0.25, 0.3) is 10.2 Å². The zero-order valence-corrected chi connectivity index (χ0v) is 12.1. The van der Waals surface area contributed by atoms with Gasteiger partial charge in [-0.2, -0.15) is 0 Å². The summed E-state index contributed by atoms with van der Waals surface area (Å²) < 4.78 is 1.05. The van der Waals surface area contributed by atoms with E-state index in [-0.39, 0.29) is 5.28 Å². The molecule has 0 spiro atoms. The molecular formula is C12H6Cl2N2S2. The van der Waals surface area contributed by atoms with E-state index >= 15 is 0 Å². The molecule has 0 unspecified atom stereocenters. The molecule has 2 heterocycles. The number of thiophene rings is 1. The number of benzene rings is 1. The smallest absolute Gasteiger partial charge is 0.217 e. The van der Waals surface area contributed by atoms with Crippen molar-refractivity contribution in [3.63, 3.8) is 0 Å². The fraction of sp³-hybridized carbons (Fsp3) is 0. The predicted octanol–water partition coefficient (Wildman–Crippen LogP) is 5.15. The Morgan fingerprint density at radius 2 is 1.78 bits per heavy atom. The van der Waals surface area contributed by atoms with Crippen molar-refractivity contribution < 1.29 is 0 Å². The van der Waals surface area contributed by atoms with Crippen molar-refractivity contribution in [2.24, 2.45) is 0 Å². The van der Waals surface area contributed by atoms with Crippen LogP contribution in [0.1, 0.15) is 0 Å². The van der Waals surface area contributed by atoms with Crippen molar-refractivity contribution in [1.29, 1.82) is 0 Å². The summed E-state index contributed by atoms with van der Waals surface area (Å²) in [5.74, 6) is 0. The summed E-state index contributed by atoms with van der Waals surface area (Å²) in [6.45, 7) is 0. The molecule has 1 aromatic carbocycles. The zero-order valence-electron chi connectivity index (χ0n) is 8.93. The van der Waals surface area contributed by atoms with E-state index in [1.54, 1.807) is 23.1 Å². The molecule has 2 nitrogen and oxygen atoms in total. The number of halogens is 2. The minimum absolute atomic E-state index is 0.275. The summed E-state index contributed by atoms with van der Waals surface area (Å²) in [6, 6.07) is 9.58. The van der Waals surface area contributed by atoms with E-state index in [4.69, 9.17) is 23.2 Å². The molecule has 0 aliphatic heterocycles. The van der Waals surface area contributed by atoms with Crippen molar-refractivity contribution in [2.45, 2.75) is 9.92 Å². The molecule has 3 rings (SSSR count). The summed E-state index contributed by atoms with van der Waals surface area (Å²) in [7, 11) is 0. The Morgan fingerprint density at radius 3 is 2.56 bits per heavy atom. The van der Waals surface area contributed by atoms with E-state index in [2.05, 4.69) is 9.97 Å². The van der Waals surface area contributed by atoms with Gasteiger partial charge in [-0.25, -0.2) is 9.97 Å². The molecule has 18 heavy (non-hydrogen) atoms. The highest BCUT2D eigenvalue weighted by Gasteiger charge is 2.09. The van der Waals surface area contributed by atoms with Crippen LogP contribution in [0.15, 0.2) is 45.6 Å². The second-order valence-corrected chi connectivity index (χ2v) is 6.24. The van der Waals surface area contributed by atoms with Crippen LogP contribution in [0, 0.1) is 0 Å². The first-order valence-corrected chi connectivity index (χ1v) is 7.52. The van der Waals surface area contributed by atoms with Crippen molar-refractivity contribution in [1.82, 2.24) is 9.97 Å².